The molecule has 13 bridgehead atoms. The van der Waals surface area contributed by atoms with Gasteiger partial charge in [0.15, 0.2) is 29.9 Å². The maximum atomic E-state index is 16.4. The van der Waals surface area contributed by atoms with E-state index < -0.39 is 164 Å². The zero-order valence-electron chi connectivity index (χ0n) is 35.5. The van der Waals surface area contributed by atoms with Crippen LogP contribution < -0.4 is 0 Å². The Morgan fingerprint density at radius 3 is 2.07 bits per heavy atom. The summed E-state index contributed by atoms with van der Waals surface area (Å²) in [7, 11) is 1.48. The molecule has 6 heterocycles. The van der Waals surface area contributed by atoms with E-state index in [0.29, 0.717) is 12.8 Å². The maximum absolute atomic E-state index is 16.4. The minimum absolute atomic E-state index is 0.104. The van der Waals surface area contributed by atoms with E-state index in [1.807, 2.05) is 13.8 Å². The Kier molecular flexibility index (Phi) is 7.39. The Bertz CT molecular complexity index is 2020. The number of methoxy groups -OCH3 is 1. The van der Waals surface area contributed by atoms with Crippen molar-refractivity contribution in [3.8, 4) is 0 Å². The monoisotopic (exact) mass is 840 g/mol. The fourth-order valence-electron chi connectivity index (χ4n) is 19.6. The van der Waals surface area contributed by atoms with Gasteiger partial charge in [-0.2, -0.15) is 0 Å². The Labute approximate surface area is 348 Å². The van der Waals surface area contributed by atoms with Crippen molar-refractivity contribution in [2.45, 2.75) is 160 Å². The third-order valence-electron chi connectivity index (χ3n) is 20.2. The number of aliphatic hydroxyl groups excluding tert-OH is 2. The van der Waals surface area contributed by atoms with E-state index in [1.165, 1.54) is 21.0 Å². The molecule has 6 saturated heterocycles. The predicted molar refractivity (Wildman–Crippen MR) is 200 cm³/mol. The van der Waals surface area contributed by atoms with Crippen LogP contribution in [0.2, 0.25) is 0 Å². The molecular weight excluding hydrogens is 780 g/mol. The molecule has 2 unspecified atom stereocenters. The van der Waals surface area contributed by atoms with Crippen LogP contribution in [-0.4, -0.2) is 118 Å². The average Bonchev–Trinajstić information content (AvgIpc) is 3.50. The zero-order chi connectivity index (χ0) is 42.5. The first-order chi connectivity index (χ1) is 28.1. The molecule has 4 spiro atoms. The lowest BCUT2D eigenvalue weighted by Gasteiger charge is -2.79. The molecule has 330 valence electrons. The summed E-state index contributed by atoms with van der Waals surface area (Å²) in [5.41, 5.74) is -8.08. The predicted octanol–water partition coefficient (Wildman–Crippen LogP) is 2.16. The third-order valence-corrected chi connectivity index (χ3v) is 20.2. The van der Waals surface area contributed by atoms with Crippen LogP contribution in [0.1, 0.15) is 99.3 Å². The summed E-state index contributed by atoms with van der Waals surface area (Å²) in [5.74, 6) is -11.4. The van der Waals surface area contributed by atoms with Crippen LogP contribution in [0.25, 0.3) is 0 Å². The van der Waals surface area contributed by atoms with E-state index in [4.69, 9.17) is 33.2 Å². The summed E-state index contributed by atoms with van der Waals surface area (Å²) >= 11 is 0. The highest BCUT2D eigenvalue weighted by Crippen LogP contribution is 2.85. The second-order valence-electron chi connectivity index (χ2n) is 23.0. The molecule has 6 aliphatic heterocycles. The number of Topliss-reactive ketones (excluding diaryl/α,β-unsaturated/α-hetero) is 2. The van der Waals surface area contributed by atoms with Gasteiger partial charge in [0, 0.05) is 67.3 Å². The molecule has 0 amide bonds. The number of carbonyl (C=O) groups excluding carboxylic acids is 4. The molecule has 0 aromatic rings. The van der Waals surface area contributed by atoms with Gasteiger partial charge in [0.2, 0.25) is 5.79 Å². The Morgan fingerprint density at radius 1 is 0.783 bits per heavy atom. The fraction of sp³-hybridized carbons (Fsp3) is 0.911. The second-order valence-corrected chi connectivity index (χ2v) is 23.0. The standard InChI is InChI=1S/C45H60O15/c1-18(46)55-23-14-20-21(28(48)43-26(23)40-12-8-10-37(3,4)27(40)29(49)45(43,53)60-35(40)57-30(20)43)16-39(17-54-7)22-15-24(56-19(2)47)25-41-13-9-11-38(5,6)32(41)44(52)34(51)42(25,33(39)50)31(22)58-36(41)59-44/h20-27,29-32,34-36,49,51-53H,8-17H2,1-7H3/t20-,21+,22+,23-,24-,25-,26-,27+,29-,30-,31-,32+,34-,35?,36?,39+,40+,41+,42+,43-,44-,45-/m0/s1. The second kappa shape index (κ2) is 11.2. The largest absolute Gasteiger partial charge is 0.462 e. The van der Waals surface area contributed by atoms with Crippen LogP contribution in [0.3, 0.4) is 0 Å². The number of esters is 2. The van der Waals surface area contributed by atoms with E-state index in [-0.39, 0.29) is 25.9 Å². The molecule has 8 aliphatic carbocycles. The average molecular weight is 841 g/mol. The molecule has 0 aromatic carbocycles. The van der Waals surface area contributed by atoms with Crippen LogP contribution in [0.5, 0.6) is 0 Å². The lowest BCUT2D eigenvalue weighted by molar-refractivity contribution is -0.554. The molecule has 22 atom stereocenters. The summed E-state index contributed by atoms with van der Waals surface area (Å²) in [6, 6.07) is 0. The molecule has 8 saturated carbocycles. The minimum atomic E-state index is -2.37. The number of hydrogen-bond donors (Lipinski definition) is 4. The highest BCUT2D eigenvalue weighted by molar-refractivity contribution is 5.99. The summed E-state index contributed by atoms with van der Waals surface area (Å²) < 4.78 is 45.4. The Hall–Kier alpha value is -2.08. The molecule has 15 heteroatoms. The fourth-order valence-corrected chi connectivity index (χ4v) is 19.6. The molecule has 60 heavy (non-hydrogen) atoms. The summed E-state index contributed by atoms with van der Waals surface area (Å²) in [4.78, 5) is 58.5. The van der Waals surface area contributed by atoms with Crippen molar-refractivity contribution in [2.24, 2.45) is 79.3 Å². The van der Waals surface area contributed by atoms with Gasteiger partial charge < -0.3 is 53.6 Å². The van der Waals surface area contributed by atoms with Gasteiger partial charge in [-0.1, -0.05) is 40.5 Å². The van der Waals surface area contributed by atoms with Crippen molar-refractivity contribution in [3.05, 3.63) is 0 Å². The molecule has 14 fully saturated rings. The molecule has 4 N–H and O–H groups in total. The van der Waals surface area contributed by atoms with Gasteiger partial charge in [-0.25, -0.2) is 0 Å². The molecule has 14 rings (SSSR count). The first-order valence-electron chi connectivity index (χ1n) is 22.5. The highest BCUT2D eigenvalue weighted by atomic mass is 16.8. The maximum Gasteiger partial charge on any atom is 0.302 e. The van der Waals surface area contributed by atoms with E-state index in [1.54, 1.807) is 0 Å². The van der Waals surface area contributed by atoms with Crippen LogP contribution in [0.15, 0.2) is 0 Å². The minimum Gasteiger partial charge on any atom is -0.462 e. The molecule has 0 radical (unpaired) electrons. The lowest BCUT2D eigenvalue weighted by Crippen LogP contribution is -2.91. The number of hydrogen-bond acceptors (Lipinski definition) is 15. The first-order valence-corrected chi connectivity index (χ1v) is 22.5. The molecule has 15 nitrogen and oxygen atoms in total. The third kappa shape index (κ3) is 3.69. The quantitative estimate of drug-likeness (QED) is 0.282. The summed E-state index contributed by atoms with van der Waals surface area (Å²) in [6.07, 6.45) is -4.31. The Morgan fingerprint density at radius 2 is 1.40 bits per heavy atom. The van der Waals surface area contributed by atoms with Crippen molar-refractivity contribution in [2.75, 3.05) is 13.7 Å². The van der Waals surface area contributed by atoms with Crippen molar-refractivity contribution in [1.29, 1.82) is 0 Å². The normalized spacial score (nSPS) is 60.8. The number of ether oxygens (including phenoxy) is 7. The summed E-state index contributed by atoms with van der Waals surface area (Å²) in [5, 5.41) is 51.2. The van der Waals surface area contributed by atoms with Crippen molar-refractivity contribution < 1.29 is 72.8 Å². The van der Waals surface area contributed by atoms with Gasteiger partial charge in [-0.15, -0.1) is 0 Å². The summed E-state index contributed by atoms with van der Waals surface area (Å²) in [6.45, 7) is 10.7. The van der Waals surface area contributed by atoms with Crippen molar-refractivity contribution in [1.82, 2.24) is 0 Å². The SMILES string of the molecule is COC[C@@]1(C[C@H]2C(=O)[C@@]34[C@H]5OC6O[C@@]3(O)[C@@H](O)[C@@H]3C(C)(C)CCC[C@]63[C@@H]4[C@@H](OC(C)=O)C[C@@H]25)C(=O)[C@]23[C@H](O)[C@@]4(O)OC5O[C@H]2[C@H]1C[C@H](OC(C)=O)[C@H]3[C@@]51CCCC(C)(C)[C@@H]41. The molecule has 14 aliphatic rings. The van der Waals surface area contributed by atoms with E-state index >= 15 is 9.59 Å². The van der Waals surface area contributed by atoms with E-state index in [0.717, 1.165) is 25.7 Å². The number of ketones is 2. The van der Waals surface area contributed by atoms with Gasteiger partial charge >= 0.3 is 11.9 Å². The van der Waals surface area contributed by atoms with Crippen LogP contribution in [0.4, 0.5) is 0 Å². The molecule has 0 aromatic heterocycles. The van der Waals surface area contributed by atoms with Crippen LogP contribution in [0, 0.1) is 79.3 Å². The smallest absolute Gasteiger partial charge is 0.302 e. The number of aliphatic hydroxyl groups is 4. The number of carbonyl (C=O) groups is 4. The topological polar surface area (TPSA) is 214 Å². The first kappa shape index (κ1) is 39.5. The molecular formula is C45H60O15. The van der Waals surface area contributed by atoms with Gasteiger partial charge in [0.1, 0.15) is 29.8 Å². The zero-order valence-corrected chi connectivity index (χ0v) is 35.5. The van der Waals surface area contributed by atoms with Gasteiger partial charge in [-0.3, -0.25) is 19.2 Å². The number of rotatable bonds is 6. The van der Waals surface area contributed by atoms with Crippen LogP contribution in [-0.2, 0) is 52.3 Å². The van der Waals surface area contributed by atoms with E-state index in [9.17, 15) is 30.0 Å². The lowest BCUT2D eigenvalue weighted by atomic mass is 9.34. The van der Waals surface area contributed by atoms with Gasteiger partial charge in [-0.05, 0) is 61.7 Å². The highest BCUT2D eigenvalue weighted by Gasteiger charge is 2.96. The van der Waals surface area contributed by atoms with Gasteiger partial charge in [0.05, 0.1) is 29.6 Å². The van der Waals surface area contributed by atoms with Crippen LogP contribution >= 0.6 is 0 Å². The van der Waals surface area contributed by atoms with E-state index in [2.05, 4.69) is 13.8 Å². The van der Waals surface area contributed by atoms with Crippen molar-refractivity contribution in [3.63, 3.8) is 0 Å². The van der Waals surface area contributed by atoms with Gasteiger partial charge in [0.25, 0.3) is 0 Å². The Balaban J connectivity index is 1.03. The van der Waals surface area contributed by atoms with Crippen molar-refractivity contribution >= 4 is 23.5 Å².